The Balaban J connectivity index is 2.24. The van der Waals surface area contributed by atoms with Gasteiger partial charge in [0.25, 0.3) is 0 Å². The van der Waals surface area contributed by atoms with Crippen LogP contribution in [0.3, 0.4) is 0 Å². The molecule has 0 aromatic carbocycles. The van der Waals surface area contributed by atoms with E-state index >= 15 is 0 Å². The zero-order valence-corrected chi connectivity index (χ0v) is 11.5. The van der Waals surface area contributed by atoms with Gasteiger partial charge in [0, 0.05) is 19.2 Å². The standard InChI is InChI=1S/C14H29NO/c1-13(2)7-5-12(6-8-13)15-11-14(3,4)9-10-16/h12,15-16H,5-11H2,1-4H3. The molecule has 1 rings (SSSR count). The van der Waals surface area contributed by atoms with Crippen molar-refractivity contribution < 1.29 is 5.11 Å². The zero-order chi connectivity index (χ0) is 12.2. The van der Waals surface area contributed by atoms with Crippen molar-refractivity contribution in [2.45, 2.75) is 65.8 Å². The molecular formula is C14H29NO. The molecule has 0 radical (unpaired) electrons. The molecule has 2 nitrogen and oxygen atoms in total. The molecule has 1 saturated carbocycles. The topological polar surface area (TPSA) is 32.3 Å². The van der Waals surface area contributed by atoms with E-state index in [0.29, 0.717) is 18.1 Å². The number of aliphatic hydroxyl groups excluding tert-OH is 1. The van der Waals surface area contributed by atoms with Crippen molar-refractivity contribution in [2.24, 2.45) is 10.8 Å². The maximum absolute atomic E-state index is 8.98. The van der Waals surface area contributed by atoms with Crippen molar-refractivity contribution in [3.8, 4) is 0 Å². The van der Waals surface area contributed by atoms with Gasteiger partial charge in [-0.3, -0.25) is 0 Å². The van der Waals surface area contributed by atoms with Gasteiger partial charge in [-0.05, 0) is 42.9 Å². The number of nitrogens with one attached hydrogen (secondary N) is 1. The second-order valence-electron chi connectivity index (χ2n) is 6.96. The van der Waals surface area contributed by atoms with E-state index in [1.54, 1.807) is 0 Å². The fourth-order valence-corrected chi connectivity index (χ4v) is 2.42. The number of hydrogen-bond acceptors (Lipinski definition) is 2. The number of rotatable bonds is 5. The van der Waals surface area contributed by atoms with Crippen LogP contribution < -0.4 is 5.32 Å². The third kappa shape index (κ3) is 4.84. The molecule has 0 aliphatic heterocycles. The predicted octanol–water partition coefficient (Wildman–Crippen LogP) is 2.95. The van der Waals surface area contributed by atoms with Gasteiger partial charge >= 0.3 is 0 Å². The fourth-order valence-electron chi connectivity index (χ4n) is 2.42. The quantitative estimate of drug-likeness (QED) is 0.757. The van der Waals surface area contributed by atoms with E-state index < -0.39 is 0 Å². The molecule has 0 unspecified atom stereocenters. The Hall–Kier alpha value is -0.0800. The Labute approximate surface area is 101 Å². The van der Waals surface area contributed by atoms with Crippen LogP contribution in [0.25, 0.3) is 0 Å². The molecule has 1 aliphatic carbocycles. The lowest BCUT2D eigenvalue weighted by Crippen LogP contribution is -2.40. The van der Waals surface area contributed by atoms with E-state index in [1.165, 1.54) is 25.7 Å². The summed E-state index contributed by atoms with van der Waals surface area (Å²) in [7, 11) is 0. The minimum absolute atomic E-state index is 0.224. The monoisotopic (exact) mass is 227 g/mol. The van der Waals surface area contributed by atoms with Gasteiger partial charge < -0.3 is 10.4 Å². The zero-order valence-electron chi connectivity index (χ0n) is 11.5. The first-order valence-corrected chi connectivity index (χ1v) is 6.69. The maximum atomic E-state index is 8.98. The average molecular weight is 227 g/mol. The van der Waals surface area contributed by atoms with Crippen molar-refractivity contribution in [3.63, 3.8) is 0 Å². The summed E-state index contributed by atoms with van der Waals surface area (Å²) in [5.74, 6) is 0. The van der Waals surface area contributed by atoms with Crippen molar-refractivity contribution in [3.05, 3.63) is 0 Å². The minimum Gasteiger partial charge on any atom is -0.396 e. The van der Waals surface area contributed by atoms with E-state index in [4.69, 9.17) is 5.11 Å². The molecule has 0 amide bonds. The largest absolute Gasteiger partial charge is 0.396 e. The van der Waals surface area contributed by atoms with Gasteiger partial charge in [0.2, 0.25) is 0 Å². The Morgan fingerprint density at radius 2 is 1.81 bits per heavy atom. The van der Waals surface area contributed by atoms with Gasteiger partial charge in [0.05, 0.1) is 0 Å². The molecule has 0 aromatic rings. The summed E-state index contributed by atoms with van der Waals surface area (Å²) in [6.07, 6.45) is 6.18. The number of aliphatic hydroxyl groups is 1. The van der Waals surface area contributed by atoms with Crippen molar-refractivity contribution in [2.75, 3.05) is 13.2 Å². The van der Waals surface area contributed by atoms with Gasteiger partial charge in [-0.25, -0.2) is 0 Å². The Bertz CT molecular complexity index is 201. The van der Waals surface area contributed by atoms with Gasteiger partial charge in [0.15, 0.2) is 0 Å². The lowest BCUT2D eigenvalue weighted by molar-refractivity contribution is 0.175. The molecule has 16 heavy (non-hydrogen) atoms. The Kier molecular flexibility index (Phi) is 4.81. The first-order valence-electron chi connectivity index (χ1n) is 6.69. The maximum Gasteiger partial charge on any atom is 0.0436 e. The molecule has 0 heterocycles. The van der Waals surface area contributed by atoms with Gasteiger partial charge in [-0.1, -0.05) is 27.7 Å². The molecule has 96 valence electrons. The average Bonchev–Trinajstić information content (AvgIpc) is 2.16. The summed E-state index contributed by atoms with van der Waals surface area (Å²) in [6, 6.07) is 0.700. The van der Waals surface area contributed by atoms with E-state index in [0.717, 1.165) is 13.0 Å². The van der Waals surface area contributed by atoms with Crippen LogP contribution in [0.5, 0.6) is 0 Å². The summed E-state index contributed by atoms with van der Waals surface area (Å²) < 4.78 is 0. The van der Waals surface area contributed by atoms with Crippen molar-refractivity contribution in [1.82, 2.24) is 5.32 Å². The molecular weight excluding hydrogens is 198 g/mol. The third-order valence-electron chi connectivity index (χ3n) is 4.00. The summed E-state index contributed by atoms with van der Waals surface area (Å²) in [5, 5.41) is 12.7. The first kappa shape index (κ1) is 14.0. The predicted molar refractivity (Wildman–Crippen MR) is 69.5 cm³/mol. The molecule has 1 aliphatic rings. The highest BCUT2D eigenvalue weighted by Crippen LogP contribution is 2.35. The second-order valence-corrected chi connectivity index (χ2v) is 6.96. The summed E-state index contributed by atoms with van der Waals surface area (Å²) in [6.45, 7) is 10.5. The van der Waals surface area contributed by atoms with Crippen LogP contribution in [-0.2, 0) is 0 Å². The van der Waals surface area contributed by atoms with E-state index in [1.807, 2.05) is 0 Å². The second kappa shape index (κ2) is 5.50. The van der Waals surface area contributed by atoms with Crippen LogP contribution in [0.4, 0.5) is 0 Å². The van der Waals surface area contributed by atoms with Crippen molar-refractivity contribution in [1.29, 1.82) is 0 Å². The SMILES string of the molecule is CC1(C)CCC(NCC(C)(C)CCO)CC1. The number of hydrogen-bond donors (Lipinski definition) is 2. The smallest absolute Gasteiger partial charge is 0.0436 e. The van der Waals surface area contributed by atoms with Gasteiger partial charge in [-0.2, -0.15) is 0 Å². The summed E-state index contributed by atoms with van der Waals surface area (Å²) in [5.41, 5.74) is 0.778. The van der Waals surface area contributed by atoms with Crippen LogP contribution in [0.15, 0.2) is 0 Å². The van der Waals surface area contributed by atoms with Gasteiger partial charge in [0.1, 0.15) is 0 Å². The lowest BCUT2D eigenvalue weighted by atomic mass is 9.75. The van der Waals surface area contributed by atoms with Crippen LogP contribution in [0.1, 0.15) is 59.8 Å². The van der Waals surface area contributed by atoms with Gasteiger partial charge in [-0.15, -0.1) is 0 Å². The van der Waals surface area contributed by atoms with E-state index in [9.17, 15) is 0 Å². The lowest BCUT2D eigenvalue weighted by Gasteiger charge is -2.36. The molecule has 0 bridgehead atoms. The van der Waals surface area contributed by atoms with Crippen LogP contribution >= 0.6 is 0 Å². The van der Waals surface area contributed by atoms with Crippen molar-refractivity contribution >= 4 is 0 Å². The summed E-state index contributed by atoms with van der Waals surface area (Å²) >= 11 is 0. The normalized spacial score (nSPS) is 22.3. The van der Waals surface area contributed by atoms with Crippen LogP contribution in [0.2, 0.25) is 0 Å². The molecule has 0 atom stereocenters. The Morgan fingerprint density at radius 3 is 2.31 bits per heavy atom. The first-order chi connectivity index (χ1) is 7.35. The molecule has 0 spiro atoms. The molecule has 0 saturated heterocycles. The third-order valence-corrected chi connectivity index (χ3v) is 4.00. The minimum atomic E-state index is 0.224. The summed E-state index contributed by atoms with van der Waals surface area (Å²) in [4.78, 5) is 0. The molecule has 1 fully saturated rings. The van der Waals surface area contributed by atoms with Crippen LogP contribution in [0, 0.1) is 10.8 Å². The van der Waals surface area contributed by atoms with Crippen LogP contribution in [-0.4, -0.2) is 24.3 Å². The highest BCUT2D eigenvalue weighted by atomic mass is 16.3. The highest BCUT2D eigenvalue weighted by Gasteiger charge is 2.27. The molecule has 2 N–H and O–H groups in total. The molecule has 0 aromatic heterocycles. The Morgan fingerprint density at radius 1 is 1.25 bits per heavy atom. The molecule has 2 heteroatoms. The fraction of sp³-hybridized carbons (Fsp3) is 1.00. The highest BCUT2D eigenvalue weighted by molar-refractivity contribution is 4.83. The van der Waals surface area contributed by atoms with E-state index in [-0.39, 0.29) is 5.41 Å². The van der Waals surface area contributed by atoms with E-state index in [2.05, 4.69) is 33.0 Å².